The third-order valence-corrected chi connectivity index (χ3v) is 6.19. The fourth-order valence-electron chi connectivity index (χ4n) is 4.52. The molecule has 0 atom stereocenters. The van der Waals surface area contributed by atoms with Gasteiger partial charge in [0, 0.05) is 13.6 Å². The van der Waals surface area contributed by atoms with Crippen LogP contribution in [0.15, 0.2) is 23.0 Å². The van der Waals surface area contributed by atoms with Gasteiger partial charge in [0.2, 0.25) is 0 Å². The molecule has 0 amide bonds. The van der Waals surface area contributed by atoms with E-state index in [-0.39, 0.29) is 11.5 Å². The van der Waals surface area contributed by atoms with Crippen molar-refractivity contribution in [3.63, 3.8) is 0 Å². The Morgan fingerprint density at radius 3 is 2.70 bits per heavy atom. The van der Waals surface area contributed by atoms with Crippen LogP contribution >= 0.6 is 0 Å². The molecule has 3 aromatic rings. The average Bonchev–Trinajstić information content (AvgIpc) is 3.11. The lowest BCUT2D eigenvalue weighted by molar-refractivity contribution is -0.143. The van der Waals surface area contributed by atoms with Crippen molar-refractivity contribution in [2.45, 2.75) is 46.1 Å². The van der Waals surface area contributed by atoms with E-state index in [2.05, 4.69) is 21.9 Å². The lowest BCUT2D eigenvalue weighted by Crippen LogP contribution is -2.35. The molecule has 1 saturated heterocycles. The minimum atomic E-state index is -0.707. The van der Waals surface area contributed by atoms with Gasteiger partial charge in [0.25, 0.3) is 5.56 Å². The maximum atomic E-state index is 12.9. The first-order valence-corrected chi connectivity index (χ1v) is 11.6. The number of aromatic amines is 1. The first kappa shape index (κ1) is 23.0. The number of fused-ring (bicyclic) bond motifs is 1. The van der Waals surface area contributed by atoms with E-state index in [1.165, 1.54) is 0 Å². The minimum absolute atomic E-state index is 0.226. The van der Waals surface area contributed by atoms with Gasteiger partial charge in [-0.3, -0.25) is 19.2 Å². The second kappa shape index (κ2) is 9.74. The normalized spacial score (nSPS) is 15.2. The predicted octanol–water partition coefficient (Wildman–Crippen LogP) is 2.97. The van der Waals surface area contributed by atoms with Crippen molar-refractivity contribution in [3.05, 3.63) is 39.8 Å². The lowest BCUT2D eigenvalue weighted by atomic mass is 9.96. The summed E-state index contributed by atoms with van der Waals surface area (Å²) >= 11 is 0. The van der Waals surface area contributed by atoms with Crippen molar-refractivity contribution in [1.29, 1.82) is 0 Å². The molecule has 1 fully saturated rings. The van der Waals surface area contributed by atoms with Crippen molar-refractivity contribution in [1.82, 2.24) is 24.6 Å². The van der Waals surface area contributed by atoms with Gasteiger partial charge < -0.3 is 14.8 Å². The van der Waals surface area contributed by atoms with Crippen LogP contribution < -0.4 is 10.3 Å². The van der Waals surface area contributed by atoms with Crippen LogP contribution in [0.1, 0.15) is 44.4 Å². The van der Waals surface area contributed by atoms with Gasteiger partial charge in [-0.1, -0.05) is 19.4 Å². The molecule has 0 unspecified atom stereocenters. The Balaban J connectivity index is 1.69. The number of hydrogen-bond acceptors (Lipinski definition) is 6. The third kappa shape index (κ3) is 4.78. The number of H-pyrrole nitrogens is 1. The Kier molecular flexibility index (Phi) is 6.78. The summed E-state index contributed by atoms with van der Waals surface area (Å²) in [5.74, 6) is 0.165. The second-order valence-electron chi connectivity index (χ2n) is 8.58. The second-order valence-corrected chi connectivity index (χ2v) is 8.58. The summed E-state index contributed by atoms with van der Waals surface area (Å²) < 4.78 is 7.44. The summed E-state index contributed by atoms with van der Waals surface area (Å²) in [7, 11) is 1.76. The van der Waals surface area contributed by atoms with Gasteiger partial charge in [-0.2, -0.15) is 5.10 Å². The van der Waals surface area contributed by atoms with Crippen LogP contribution in [-0.2, 0) is 24.8 Å². The molecule has 1 aliphatic rings. The van der Waals surface area contributed by atoms with E-state index in [0.29, 0.717) is 48.6 Å². The largest absolute Gasteiger partial charge is 0.493 e. The standard InChI is InChI=1S/C24H31N5O4/c1-4-6-18-20-21(28(3)27-18)23(30)26-22(25-20)17-13-15(7-8-19(17)33-5-2)14-29-11-9-16(10-12-29)24(31)32/h7-8,13,16H,4-6,9-12,14H2,1-3H3,(H,31,32)(H,25,26,30). The number of aryl methyl sites for hydroxylation is 2. The maximum Gasteiger partial charge on any atom is 0.306 e. The highest BCUT2D eigenvalue weighted by molar-refractivity contribution is 5.79. The number of carboxylic acid groups (broad SMARTS) is 1. The van der Waals surface area contributed by atoms with Gasteiger partial charge in [-0.25, -0.2) is 4.98 Å². The molecule has 0 radical (unpaired) electrons. The van der Waals surface area contributed by atoms with Crippen LogP contribution in [0, 0.1) is 5.92 Å². The van der Waals surface area contributed by atoms with E-state index in [1.807, 2.05) is 25.1 Å². The van der Waals surface area contributed by atoms with Crippen molar-refractivity contribution in [3.8, 4) is 17.1 Å². The molecule has 2 N–H and O–H groups in total. The van der Waals surface area contributed by atoms with Crippen molar-refractivity contribution in [2.24, 2.45) is 13.0 Å². The fourth-order valence-corrected chi connectivity index (χ4v) is 4.52. The lowest BCUT2D eigenvalue weighted by Gasteiger charge is -2.30. The summed E-state index contributed by atoms with van der Waals surface area (Å²) in [5.41, 5.74) is 3.48. The smallest absolute Gasteiger partial charge is 0.306 e. The van der Waals surface area contributed by atoms with Gasteiger partial charge in [0.05, 0.1) is 23.8 Å². The van der Waals surface area contributed by atoms with E-state index < -0.39 is 5.97 Å². The number of carbonyl (C=O) groups is 1. The predicted molar refractivity (Wildman–Crippen MR) is 125 cm³/mol. The molecule has 0 aliphatic carbocycles. The van der Waals surface area contributed by atoms with Crippen LogP contribution in [-0.4, -0.2) is 55.4 Å². The van der Waals surface area contributed by atoms with E-state index in [4.69, 9.17) is 9.72 Å². The van der Waals surface area contributed by atoms with Gasteiger partial charge in [-0.05, 0) is 57.0 Å². The van der Waals surface area contributed by atoms with E-state index in [1.54, 1.807) is 11.7 Å². The molecule has 0 bridgehead atoms. The number of rotatable bonds is 8. The zero-order chi connectivity index (χ0) is 23.5. The zero-order valence-corrected chi connectivity index (χ0v) is 19.4. The van der Waals surface area contributed by atoms with Crippen LogP contribution in [0.5, 0.6) is 5.75 Å². The van der Waals surface area contributed by atoms with Crippen molar-refractivity contribution < 1.29 is 14.6 Å². The number of hydrogen-bond donors (Lipinski definition) is 2. The number of nitrogens with zero attached hydrogens (tertiary/aromatic N) is 4. The summed E-state index contributed by atoms with van der Waals surface area (Å²) in [6.07, 6.45) is 2.98. The zero-order valence-electron chi connectivity index (χ0n) is 19.4. The quantitative estimate of drug-likeness (QED) is 0.539. The molecule has 0 saturated carbocycles. The Morgan fingerprint density at radius 2 is 2.03 bits per heavy atom. The molecule has 3 heterocycles. The Hall–Kier alpha value is -3.20. The molecule has 1 aliphatic heterocycles. The number of aromatic nitrogens is 4. The first-order valence-electron chi connectivity index (χ1n) is 11.6. The first-order chi connectivity index (χ1) is 15.9. The summed E-state index contributed by atoms with van der Waals surface area (Å²) in [4.78, 5) is 34.1. The monoisotopic (exact) mass is 453 g/mol. The topological polar surface area (TPSA) is 113 Å². The van der Waals surface area contributed by atoms with Crippen LogP contribution in [0.25, 0.3) is 22.4 Å². The number of ether oxygens (including phenoxy) is 1. The molecule has 9 nitrogen and oxygen atoms in total. The molecule has 0 spiro atoms. The highest BCUT2D eigenvalue weighted by atomic mass is 16.5. The number of likely N-dealkylation sites (tertiary alicyclic amines) is 1. The number of aliphatic carboxylic acids is 1. The Bertz CT molecular complexity index is 1210. The molecule has 9 heteroatoms. The SMILES string of the molecule is CCCc1nn(C)c2c(=O)[nH]c(-c3cc(CN4CCC(C(=O)O)CC4)ccc3OCC)nc12. The van der Waals surface area contributed by atoms with Gasteiger partial charge in [0.1, 0.15) is 17.1 Å². The molecule has 1 aromatic carbocycles. The fraction of sp³-hybridized carbons (Fsp3) is 0.500. The Labute approximate surface area is 192 Å². The number of nitrogens with one attached hydrogen (secondary N) is 1. The highest BCUT2D eigenvalue weighted by Crippen LogP contribution is 2.30. The van der Waals surface area contributed by atoms with Crippen LogP contribution in [0.3, 0.4) is 0 Å². The van der Waals surface area contributed by atoms with Crippen LogP contribution in [0.4, 0.5) is 0 Å². The van der Waals surface area contributed by atoms with Gasteiger partial charge >= 0.3 is 5.97 Å². The third-order valence-electron chi connectivity index (χ3n) is 6.19. The van der Waals surface area contributed by atoms with Gasteiger partial charge in [-0.15, -0.1) is 0 Å². The Morgan fingerprint density at radius 1 is 1.27 bits per heavy atom. The molecule has 176 valence electrons. The summed E-state index contributed by atoms with van der Waals surface area (Å²) in [5, 5.41) is 13.7. The van der Waals surface area contributed by atoms with Gasteiger partial charge in [0.15, 0.2) is 5.52 Å². The highest BCUT2D eigenvalue weighted by Gasteiger charge is 2.25. The van der Waals surface area contributed by atoms with Crippen molar-refractivity contribution >= 4 is 17.0 Å². The molecule has 2 aromatic heterocycles. The molecule has 33 heavy (non-hydrogen) atoms. The van der Waals surface area contributed by atoms with E-state index >= 15 is 0 Å². The summed E-state index contributed by atoms with van der Waals surface area (Å²) in [6, 6.07) is 5.94. The average molecular weight is 454 g/mol. The number of carboxylic acids is 1. The molecule has 4 rings (SSSR count). The molecular formula is C24H31N5O4. The van der Waals surface area contributed by atoms with E-state index in [0.717, 1.165) is 42.8 Å². The van der Waals surface area contributed by atoms with Crippen molar-refractivity contribution in [2.75, 3.05) is 19.7 Å². The minimum Gasteiger partial charge on any atom is -0.493 e. The van der Waals surface area contributed by atoms with Crippen LogP contribution in [0.2, 0.25) is 0 Å². The number of benzene rings is 1. The van der Waals surface area contributed by atoms with E-state index in [9.17, 15) is 14.7 Å². The molecular weight excluding hydrogens is 422 g/mol. The summed E-state index contributed by atoms with van der Waals surface area (Å²) in [6.45, 7) is 6.68. The maximum absolute atomic E-state index is 12.9. The number of piperidine rings is 1.